The number of hydrogen-bond donors (Lipinski definition) is 0. The van der Waals surface area contributed by atoms with Crippen LogP contribution in [0.2, 0.25) is 0 Å². The van der Waals surface area contributed by atoms with Gasteiger partial charge in [-0.1, -0.05) is 25.1 Å². The van der Waals surface area contributed by atoms with Crippen molar-refractivity contribution >= 4 is 0 Å². The minimum atomic E-state index is 0.0377. The van der Waals surface area contributed by atoms with Crippen LogP contribution in [0.15, 0.2) is 0 Å². The fourth-order valence-corrected chi connectivity index (χ4v) is 0.890. The summed E-state index contributed by atoms with van der Waals surface area (Å²) in [5, 5.41) is 0. The van der Waals surface area contributed by atoms with Crippen molar-refractivity contribution in [3.63, 3.8) is 0 Å². The zero-order chi connectivity index (χ0) is 8.04. The molecule has 0 fully saturated rings. The third kappa shape index (κ3) is 2.87. The zero-order valence-corrected chi connectivity index (χ0v) is 7.35. The maximum Gasteiger partial charge on any atom is 0.277 e. The van der Waals surface area contributed by atoms with Gasteiger partial charge >= 0.3 is 0 Å². The molecular formula is C9H18N+. The lowest BCUT2D eigenvalue weighted by Crippen LogP contribution is -2.17. The molecule has 1 nitrogen and oxygen atoms in total. The van der Waals surface area contributed by atoms with E-state index >= 15 is 0 Å². The number of hydrogen-bond acceptors (Lipinski definition) is 0. The zero-order valence-electron chi connectivity index (χ0n) is 7.35. The second kappa shape index (κ2) is 4.33. The van der Waals surface area contributed by atoms with Gasteiger partial charge in [0, 0.05) is 19.8 Å². The van der Waals surface area contributed by atoms with Crippen LogP contribution < -0.4 is 0 Å². The number of nitrogens with zero attached hydrogens (tertiary/aromatic N) is 1. The molecule has 0 heterocycles. The summed E-state index contributed by atoms with van der Waals surface area (Å²) < 4.78 is 0. The average molecular weight is 140 g/mol. The van der Waals surface area contributed by atoms with E-state index in [1.165, 1.54) is 12.8 Å². The summed E-state index contributed by atoms with van der Waals surface area (Å²) in [6.45, 7) is 11.7. The highest BCUT2D eigenvalue weighted by Gasteiger charge is 2.30. The molecule has 0 bridgehead atoms. The monoisotopic (exact) mass is 140 g/mol. The van der Waals surface area contributed by atoms with Gasteiger partial charge in [0.25, 0.3) is 12.1 Å². The Bertz CT molecular complexity index is 123. The van der Waals surface area contributed by atoms with Crippen LogP contribution in [0.1, 0.15) is 46.5 Å². The van der Waals surface area contributed by atoms with Crippen LogP contribution >= 0.6 is 0 Å². The molecule has 0 aliphatic rings. The summed E-state index contributed by atoms with van der Waals surface area (Å²) in [6, 6.07) is 0. The highest BCUT2D eigenvalue weighted by molar-refractivity contribution is 4.95. The molecule has 0 amide bonds. The Labute approximate surface area is 64.3 Å². The van der Waals surface area contributed by atoms with E-state index in [0.29, 0.717) is 0 Å². The average Bonchev–Trinajstić information content (AvgIpc) is 2.00. The van der Waals surface area contributed by atoms with Gasteiger partial charge in [-0.2, -0.15) is 0 Å². The molecule has 0 aliphatic carbocycles. The first-order chi connectivity index (χ1) is 4.68. The Balaban J connectivity index is 3.72. The fraction of sp³-hybridized carbons (Fsp3) is 0.889. The SMILES string of the molecule is C#[N+]C(C)(CC)CCCC. The van der Waals surface area contributed by atoms with Crippen molar-refractivity contribution in [2.45, 2.75) is 52.0 Å². The predicted molar refractivity (Wildman–Crippen MR) is 46.5 cm³/mol. The minimum Gasteiger partial charge on any atom is -0.0807 e. The molecule has 0 saturated heterocycles. The van der Waals surface area contributed by atoms with Crippen LogP contribution in [-0.2, 0) is 0 Å². The van der Waals surface area contributed by atoms with Gasteiger partial charge in [-0.3, -0.25) is 0 Å². The van der Waals surface area contributed by atoms with Crippen molar-refractivity contribution in [3.8, 4) is 6.57 Å². The summed E-state index contributed by atoms with van der Waals surface area (Å²) in [5.74, 6) is 0. The van der Waals surface area contributed by atoms with Crippen LogP contribution in [-0.4, -0.2) is 5.54 Å². The molecule has 1 atom stereocenters. The van der Waals surface area contributed by atoms with Gasteiger partial charge in [-0.15, -0.1) is 0 Å². The van der Waals surface area contributed by atoms with Gasteiger partial charge in [-0.25, -0.2) is 0 Å². The first-order valence-electron chi connectivity index (χ1n) is 4.10. The van der Waals surface area contributed by atoms with Crippen molar-refractivity contribution in [1.82, 2.24) is 0 Å². The summed E-state index contributed by atoms with van der Waals surface area (Å²) >= 11 is 0. The topological polar surface area (TPSA) is 4.36 Å². The van der Waals surface area contributed by atoms with Gasteiger partial charge < -0.3 is 0 Å². The molecule has 1 heteroatoms. The van der Waals surface area contributed by atoms with Gasteiger partial charge in [0.1, 0.15) is 0 Å². The third-order valence-corrected chi connectivity index (χ3v) is 2.14. The molecule has 1 unspecified atom stereocenters. The smallest absolute Gasteiger partial charge is 0.0807 e. The molecule has 0 aliphatic heterocycles. The normalized spacial score (nSPS) is 15.8. The van der Waals surface area contributed by atoms with Crippen LogP contribution in [0, 0.1) is 6.57 Å². The van der Waals surface area contributed by atoms with Gasteiger partial charge in [0.05, 0.1) is 0 Å². The van der Waals surface area contributed by atoms with E-state index in [0.717, 1.165) is 12.8 Å². The maximum atomic E-state index is 5.28. The summed E-state index contributed by atoms with van der Waals surface area (Å²) in [5.41, 5.74) is 0.0377. The quantitative estimate of drug-likeness (QED) is 0.564. The largest absolute Gasteiger partial charge is 0.277 e. The Kier molecular flexibility index (Phi) is 4.11. The van der Waals surface area contributed by atoms with E-state index in [1.54, 1.807) is 0 Å². The number of unbranched alkanes of at least 4 members (excludes halogenated alkanes) is 1. The van der Waals surface area contributed by atoms with Crippen LogP contribution in [0.25, 0.3) is 4.85 Å². The molecule has 0 spiro atoms. The predicted octanol–water partition coefficient (Wildman–Crippen LogP) is 3.31. The van der Waals surface area contributed by atoms with E-state index in [2.05, 4.69) is 25.6 Å². The molecule has 0 N–H and O–H groups in total. The third-order valence-electron chi connectivity index (χ3n) is 2.14. The standard InChI is InChI=1S/C9H18N/c1-5-7-8-9(3,6-2)10-4/h4H,5-8H2,1-3H3/q+1. The van der Waals surface area contributed by atoms with Crippen LogP contribution in [0.3, 0.4) is 0 Å². The fourth-order valence-electron chi connectivity index (χ4n) is 0.890. The van der Waals surface area contributed by atoms with E-state index in [1.807, 2.05) is 0 Å². The van der Waals surface area contributed by atoms with Crippen LogP contribution in [0.4, 0.5) is 0 Å². The Morgan fingerprint density at radius 3 is 2.30 bits per heavy atom. The summed E-state index contributed by atoms with van der Waals surface area (Å²) in [6.07, 6.45) is 4.62. The number of rotatable bonds is 4. The van der Waals surface area contributed by atoms with Crippen molar-refractivity contribution < 1.29 is 0 Å². The molecule has 58 valence electrons. The Morgan fingerprint density at radius 2 is 2.00 bits per heavy atom. The highest BCUT2D eigenvalue weighted by atomic mass is 14.8. The molecule has 0 aromatic rings. The maximum absolute atomic E-state index is 5.28. The second-order valence-corrected chi connectivity index (χ2v) is 3.08. The van der Waals surface area contributed by atoms with Gasteiger partial charge in [-0.05, 0) is 6.42 Å². The van der Waals surface area contributed by atoms with Crippen LogP contribution in [0.5, 0.6) is 0 Å². The lowest BCUT2D eigenvalue weighted by atomic mass is 9.93. The minimum absolute atomic E-state index is 0.0377. The molecule has 0 rings (SSSR count). The van der Waals surface area contributed by atoms with Crippen molar-refractivity contribution in [2.24, 2.45) is 0 Å². The van der Waals surface area contributed by atoms with Crippen molar-refractivity contribution in [3.05, 3.63) is 4.85 Å². The van der Waals surface area contributed by atoms with E-state index in [4.69, 9.17) is 6.57 Å². The second-order valence-electron chi connectivity index (χ2n) is 3.08. The molecule has 10 heavy (non-hydrogen) atoms. The molecule has 0 aromatic carbocycles. The van der Waals surface area contributed by atoms with Crippen molar-refractivity contribution in [2.75, 3.05) is 0 Å². The Hall–Kier alpha value is -0.510. The summed E-state index contributed by atoms with van der Waals surface area (Å²) in [7, 11) is 0. The summed E-state index contributed by atoms with van der Waals surface area (Å²) in [4.78, 5) is 3.88. The van der Waals surface area contributed by atoms with E-state index in [9.17, 15) is 0 Å². The highest BCUT2D eigenvalue weighted by Crippen LogP contribution is 2.21. The lowest BCUT2D eigenvalue weighted by Gasteiger charge is -2.08. The first kappa shape index (κ1) is 9.49. The first-order valence-corrected chi connectivity index (χ1v) is 4.10. The van der Waals surface area contributed by atoms with Crippen molar-refractivity contribution in [1.29, 1.82) is 0 Å². The molecule has 0 radical (unpaired) electrons. The lowest BCUT2D eigenvalue weighted by molar-refractivity contribution is 0.471. The molecule has 0 aromatic heterocycles. The van der Waals surface area contributed by atoms with Gasteiger partial charge in [0.15, 0.2) is 0 Å². The molecule has 0 saturated carbocycles. The molecular weight excluding hydrogens is 122 g/mol. The van der Waals surface area contributed by atoms with E-state index < -0.39 is 0 Å². The van der Waals surface area contributed by atoms with Gasteiger partial charge in [0.2, 0.25) is 0 Å². The van der Waals surface area contributed by atoms with E-state index in [-0.39, 0.29) is 5.54 Å². The Morgan fingerprint density at radius 1 is 1.40 bits per heavy atom.